The van der Waals surface area contributed by atoms with Gasteiger partial charge in [0, 0.05) is 4.88 Å². The Labute approximate surface area is 127 Å². The first kappa shape index (κ1) is 12.7. The van der Waals surface area contributed by atoms with Gasteiger partial charge in [0.2, 0.25) is 0 Å². The summed E-state index contributed by atoms with van der Waals surface area (Å²) in [6.07, 6.45) is 3.63. The highest BCUT2D eigenvalue weighted by molar-refractivity contribution is 7.15. The maximum absolute atomic E-state index is 6.04. The summed E-state index contributed by atoms with van der Waals surface area (Å²) in [5.74, 6) is 1.26. The molecule has 2 aromatic heterocycles. The molecule has 4 heteroatoms. The van der Waals surface area contributed by atoms with E-state index in [-0.39, 0.29) is 0 Å². The summed E-state index contributed by atoms with van der Waals surface area (Å²) in [5.41, 5.74) is 10.7. The predicted molar refractivity (Wildman–Crippen MR) is 86.4 cm³/mol. The number of hydrogen-bond donors (Lipinski definition) is 1. The SMILES string of the molecule is Cc1ccc(-c2c(N)noc2-c2cc3c(s2)CCC3)cc1. The molecule has 0 atom stereocenters. The summed E-state index contributed by atoms with van der Waals surface area (Å²) in [6, 6.07) is 10.6. The molecule has 0 saturated carbocycles. The molecule has 2 N–H and O–H groups in total. The Morgan fingerprint density at radius 1 is 1.19 bits per heavy atom. The van der Waals surface area contributed by atoms with Gasteiger partial charge in [-0.25, -0.2) is 0 Å². The number of anilines is 1. The number of benzene rings is 1. The average Bonchev–Trinajstić information content (AvgIpc) is 3.13. The fraction of sp³-hybridized carbons (Fsp3) is 0.235. The largest absolute Gasteiger partial charge is 0.380 e. The number of nitrogens with zero attached hydrogens (tertiary/aromatic N) is 1. The van der Waals surface area contributed by atoms with Crippen LogP contribution < -0.4 is 5.73 Å². The van der Waals surface area contributed by atoms with E-state index < -0.39 is 0 Å². The van der Waals surface area contributed by atoms with Crippen LogP contribution in [0.4, 0.5) is 5.82 Å². The molecule has 1 aliphatic rings. The first-order valence-corrected chi connectivity index (χ1v) is 7.98. The Balaban J connectivity index is 1.84. The van der Waals surface area contributed by atoms with E-state index in [1.165, 1.54) is 35.3 Å². The Morgan fingerprint density at radius 3 is 2.76 bits per heavy atom. The highest BCUT2D eigenvalue weighted by Gasteiger charge is 2.22. The van der Waals surface area contributed by atoms with Crippen molar-refractivity contribution in [1.82, 2.24) is 5.16 Å². The van der Waals surface area contributed by atoms with Crippen LogP contribution in [0.3, 0.4) is 0 Å². The smallest absolute Gasteiger partial charge is 0.186 e. The summed E-state index contributed by atoms with van der Waals surface area (Å²) in [5, 5.41) is 3.98. The molecular formula is C17H16N2OS. The van der Waals surface area contributed by atoms with Crippen LogP contribution in [0.1, 0.15) is 22.4 Å². The van der Waals surface area contributed by atoms with Crippen LogP contribution in [0.2, 0.25) is 0 Å². The third kappa shape index (κ3) is 2.07. The van der Waals surface area contributed by atoms with Crippen LogP contribution in [0.15, 0.2) is 34.9 Å². The molecule has 0 spiro atoms. The van der Waals surface area contributed by atoms with Gasteiger partial charge < -0.3 is 10.3 Å². The van der Waals surface area contributed by atoms with Gasteiger partial charge in [0.05, 0.1) is 10.4 Å². The standard InChI is InChI=1S/C17H16N2OS/c1-10-5-7-11(8-6-10)15-16(20-19-17(15)18)14-9-12-3-2-4-13(12)21-14/h5-9H,2-4H2,1H3,(H2,18,19). The van der Waals surface area contributed by atoms with Crippen LogP contribution in [0.5, 0.6) is 0 Å². The molecule has 0 fully saturated rings. The van der Waals surface area contributed by atoms with Crippen molar-refractivity contribution in [2.75, 3.05) is 5.73 Å². The molecule has 2 heterocycles. The van der Waals surface area contributed by atoms with E-state index >= 15 is 0 Å². The highest BCUT2D eigenvalue weighted by Crippen LogP contribution is 2.42. The van der Waals surface area contributed by atoms with Crippen molar-refractivity contribution in [2.45, 2.75) is 26.2 Å². The quantitative estimate of drug-likeness (QED) is 0.760. The number of aryl methyl sites for hydroxylation is 3. The van der Waals surface area contributed by atoms with Crippen molar-refractivity contribution in [3.63, 3.8) is 0 Å². The van der Waals surface area contributed by atoms with Crippen molar-refractivity contribution in [2.24, 2.45) is 0 Å². The van der Waals surface area contributed by atoms with Gasteiger partial charge in [-0.15, -0.1) is 11.3 Å². The van der Waals surface area contributed by atoms with Gasteiger partial charge in [0.15, 0.2) is 11.6 Å². The summed E-state index contributed by atoms with van der Waals surface area (Å²) >= 11 is 1.81. The Kier molecular flexibility index (Phi) is 2.86. The van der Waals surface area contributed by atoms with Gasteiger partial charge in [0.1, 0.15) is 0 Å². The Morgan fingerprint density at radius 2 is 2.00 bits per heavy atom. The summed E-state index contributed by atoms with van der Waals surface area (Å²) in [4.78, 5) is 2.62. The van der Waals surface area contributed by atoms with Crippen molar-refractivity contribution in [3.8, 4) is 21.8 Å². The lowest BCUT2D eigenvalue weighted by atomic mass is 10.0. The maximum atomic E-state index is 6.04. The molecule has 21 heavy (non-hydrogen) atoms. The predicted octanol–water partition coefficient (Wildman–Crippen LogP) is 4.45. The number of nitrogen functional groups attached to an aromatic ring is 1. The molecule has 3 aromatic rings. The van der Waals surface area contributed by atoms with Gasteiger partial charge in [-0.1, -0.05) is 35.0 Å². The van der Waals surface area contributed by atoms with E-state index in [9.17, 15) is 0 Å². The first-order chi connectivity index (χ1) is 10.2. The molecule has 0 unspecified atom stereocenters. The van der Waals surface area contributed by atoms with E-state index in [1.54, 1.807) is 0 Å². The molecule has 4 rings (SSSR count). The topological polar surface area (TPSA) is 52.0 Å². The van der Waals surface area contributed by atoms with E-state index in [1.807, 2.05) is 11.3 Å². The Hall–Kier alpha value is -2.07. The zero-order valence-corrected chi connectivity index (χ0v) is 12.7. The third-order valence-corrected chi connectivity index (χ3v) is 5.26. The fourth-order valence-electron chi connectivity index (χ4n) is 2.91. The second-order valence-corrected chi connectivity index (χ2v) is 6.69. The van der Waals surface area contributed by atoms with Crippen LogP contribution in [0, 0.1) is 6.92 Å². The number of thiophene rings is 1. The van der Waals surface area contributed by atoms with Gasteiger partial charge in [-0.2, -0.15) is 0 Å². The number of aromatic nitrogens is 1. The van der Waals surface area contributed by atoms with E-state index in [2.05, 4.69) is 42.4 Å². The zero-order valence-electron chi connectivity index (χ0n) is 11.8. The minimum absolute atomic E-state index is 0.461. The molecule has 0 bridgehead atoms. The molecular weight excluding hydrogens is 280 g/mol. The highest BCUT2D eigenvalue weighted by atomic mass is 32.1. The van der Waals surface area contributed by atoms with Crippen molar-refractivity contribution in [1.29, 1.82) is 0 Å². The zero-order chi connectivity index (χ0) is 14.4. The molecule has 0 aliphatic heterocycles. The number of hydrogen-bond acceptors (Lipinski definition) is 4. The second-order valence-electron chi connectivity index (χ2n) is 5.55. The minimum atomic E-state index is 0.461. The molecule has 0 radical (unpaired) electrons. The Bertz CT molecular complexity index is 777. The van der Waals surface area contributed by atoms with Crippen LogP contribution in [0.25, 0.3) is 21.8 Å². The van der Waals surface area contributed by atoms with Crippen LogP contribution in [-0.4, -0.2) is 5.16 Å². The normalized spacial score (nSPS) is 13.6. The third-order valence-electron chi connectivity index (χ3n) is 4.03. The van der Waals surface area contributed by atoms with Crippen molar-refractivity contribution < 1.29 is 4.52 Å². The number of nitrogens with two attached hydrogens (primary N) is 1. The molecule has 0 saturated heterocycles. The molecule has 1 aliphatic carbocycles. The van der Waals surface area contributed by atoms with Crippen molar-refractivity contribution in [3.05, 3.63) is 46.3 Å². The van der Waals surface area contributed by atoms with Gasteiger partial charge in [-0.05, 0) is 43.4 Å². The van der Waals surface area contributed by atoms with Gasteiger partial charge >= 0.3 is 0 Å². The number of rotatable bonds is 2. The summed E-state index contributed by atoms with van der Waals surface area (Å²) < 4.78 is 5.54. The lowest BCUT2D eigenvalue weighted by Crippen LogP contribution is -1.88. The molecule has 106 valence electrons. The lowest BCUT2D eigenvalue weighted by molar-refractivity contribution is 0.437. The number of fused-ring (bicyclic) bond motifs is 1. The van der Waals surface area contributed by atoms with Crippen LogP contribution >= 0.6 is 11.3 Å². The van der Waals surface area contributed by atoms with E-state index in [4.69, 9.17) is 10.3 Å². The van der Waals surface area contributed by atoms with Gasteiger partial charge in [-0.3, -0.25) is 0 Å². The van der Waals surface area contributed by atoms with E-state index in [0.29, 0.717) is 5.82 Å². The summed E-state index contributed by atoms with van der Waals surface area (Å²) in [7, 11) is 0. The maximum Gasteiger partial charge on any atom is 0.186 e. The summed E-state index contributed by atoms with van der Waals surface area (Å²) in [6.45, 7) is 2.07. The molecule has 3 nitrogen and oxygen atoms in total. The monoisotopic (exact) mass is 296 g/mol. The first-order valence-electron chi connectivity index (χ1n) is 7.16. The van der Waals surface area contributed by atoms with Gasteiger partial charge in [0.25, 0.3) is 0 Å². The lowest BCUT2D eigenvalue weighted by Gasteiger charge is -2.02. The van der Waals surface area contributed by atoms with E-state index in [0.717, 1.165) is 21.8 Å². The molecule has 1 aromatic carbocycles. The second kappa shape index (κ2) is 4.74. The molecule has 0 amide bonds. The minimum Gasteiger partial charge on any atom is -0.380 e. The fourth-order valence-corrected chi connectivity index (χ4v) is 4.15. The van der Waals surface area contributed by atoms with Crippen LogP contribution in [-0.2, 0) is 12.8 Å². The average molecular weight is 296 g/mol. The van der Waals surface area contributed by atoms with Crippen molar-refractivity contribution >= 4 is 17.2 Å².